The number of amides is 1. The van der Waals surface area contributed by atoms with Gasteiger partial charge >= 0.3 is 0 Å². The average molecular weight is 304 g/mol. The molecule has 0 radical (unpaired) electrons. The monoisotopic (exact) mass is 304 g/mol. The van der Waals surface area contributed by atoms with Crippen molar-refractivity contribution in [1.82, 2.24) is 9.88 Å². The number of benzene rings is 1. The Labute approximate surface area is 127 Å². The van der Waals surface area contributed by atoms with Crippen LogP contribution >= 0.6 is 0 Å². The SMILES string of the molecule is Cc1ccn(CC(=O)NCCOc2ccc(F)cc2)c(=O)c1. The summed E-state index contributed by atoms with van der Waals surface area (Å²) in [6, 6.07) is 8.89. The average Bonchev–Trinajstić information content (AvgIpc) is 2.48. The van der Waals surface area contributed by atoms with Crippen LogP contribution in [0.15, 0.2) is 47.4 Å². The van der Waals surface area contributed by atoms with Gasteiger partial charge in [0.2, 0.25) is 5.91 Å². The zero-order valence-electron chi connectivity index (χ0n) is 12.2. The van der Waals surface area contributed by atoms with Crippen molar-refractivity contribution in [3.05, 3.63) is 64.3 Å². The smallest absolute Gasteiger partial charge is 0.251 e. The van der Waals surface area contributed by atoms with Gasteiger partial charge in [-0.05, 0) is 42.8 Å². The van der Waals surface area contributed by atoms with Crippen LogP contribution in [0, 0.1) is 12.7 Å². The molecule has 116 valence electrons. The van der Waals surface area contributed by atoms with Crippen LogP contribution in [0.25, 0.3) is 0 Å². The van der Waals surface area contributed by atoms with Crippen LogP contribution < -0.4 is 15.6 Å². The lowest BCUT2D eigenvalue weighted by molar-refractivity contribution is -0.121. The summed E-state index contributed by atoms with van der Waals surface area (Å²) in [6.45, 7) is 2.35. The van der Waals surface area contributed by atoms with E-state index in [1.54, 1.807) is 12.3 Å². The van der Waals surface area contributed by atoms with Crippen molar-refractivity contribution in [3.63, 3.8) is 0 Å². The number of aryl methyl sites for hydroxylation is 1. The zero-order chi connectivity index (χ0) is 15.9. The van der Waals surface area contributed by atoms with Gasteiger partial charge in [-0.15, -0.1) is 0 Å². The third-order valence-electron chi connectivity index (χ3n) is 2.97. The Morgan fingerprint density at radius 3 is 2.68 bits per heavy atom. The fourth-order valence-electron chi connectivity index (χ4n) is 1.84. The van der Waals surface area contributed by atoms with Crippen molar-refractivity contribution in [2.45, 2.75) is 13.5 Å². The number of hydrogen-bond donors (Lipinski definition) is 1. The van der Waals surface area contributed by atoms with E-state index in [0.717, 1.165) is 5.56 Å². The van der Waals surface area contributed by atoms with Gasteiger partial charge in [0, 0.05) is 12.3 Å². The van der Waals surface area contributed by atoms with Gasteiger partial charge in [0.25, 0.3) is 5.56 Å². The summed E-state index contributed by atoms with van der Waals surface area (Å²) in [7, 11) is 0. The molecular formula is C16H17FN2O3. The Morgan fingerprint density at radius 1 is 1.27 bits per heavy atom. The number of halogens is 1. The van der Waals surface area contributed by atoms with Gasteiger partial charge in [-0.25, -0.2) is 4.39 Å². The Balaban J connectivity index is 1.73. The summed E-state index contributed by atoms with van der Waals surface area (Å²) in [5.74, 6) is -0.0664. The van der Waals surface area contributed by atoms with Crippen LogP contribution in [0.5, 0.6) is 5.75 Å². The molecule has 0 saturated heterocycles. The van der Waals surface area contributed by atoms with Crippen molar-refractivity contribution >= 4 is 5.91 Å². The lowest BCUT2D eigenvalue weighted by Crippen LogP contribution is -2.34. The summed E-state index contributed by atoms with van der Waals surface area (Å²) >= 11 is 0. The Kier molecular flexibility index (Phi) is 5.30. The topological polar surface area (TPSA) is 60.3 Å². The summed E-state index contributed by atoms with van der Waals surface area (Å²) in [6.07, 6.45) is 1.59. The molecule has 1 N–H and O–H groups in total. The highest BCUT2D eigenvalue weighted by Gasteiger charge is 2.04. The molecule has 1 amide bonds. The lowest BCUT2D eigenvalue weighted by Gasteiger charge is -2.09. The van der Waals surface area contributed by atoms with Gasteiger partial charge in [0.15, 0.2) is 0 Å². The normalized spacial score (nSPS) is 10.3. The van der Waals surface area contributed by atoms with E-state index in [-0.39, 0.29) is 30.4 Å². The number of rotatable bonds is 6. The molecule has 5 nitrogen and oxygen atoms in total. The first-order valence-corrected chi connectivity index (χ1v) is 6.87. The van der Waals surface area contributed by atoms with Crippen LogP contribution in [0.3, 0.4) is 0 Å². The van der Waals surface area contributed by atoms with Crippen molar-refractivity contribution in [1.29, 1.82) is 0 Å². The molecule has 6 heteroatoms. The molecule has 2 rings (SSSR count). The second kappa shape index (κ2) is 7.40. The van der Waals surface area contributed by atoms with Crippen LogP contribution in [0.1, 0.15) is 5.56 Å². The molecule has 0 fully saturated rings. The predicted octanol–water partition coefficient (Wildman–Crippen LogP) is 1.49. The molecule has 1 aromatic carbocycles. The second-order valence-corrected chi connectivity index (χ2v) is 4.82. The molecule has 1 aromatic heterocycles. The van der Waals surface area contributed by atoms with E-state index < -0.39 is 0 Å². The highest BCUT2D eigenvalue weighted by molar-refractivity contribution is 5.75. The van der Waals surface area contributed by atoms with Crippen LogP contribution in [-0.2, 0) is 11.3 Å². The molecule has 0 atom stereocenters. The van der Waals surface area contributed by atoms with Crippen molar-refractivity contribution in [2.24, 2.45) is 0 Å². The number of pyridine rings is 1. The maximum absolute atomic E-state index is 12.7. The Bertz CT molecular complexity index is 695. The van der Waals surface area contributed by atoms with Gasteiger partial charge in [0.1, 0.15) is 24.7 Å². The van der Waals surface area contributed by atoms with E-state index in [1.165, 1.54) is 34.9 Å². The minimum Gasteiger partial charge on any atom is -0.492 e. The third-order valence-corrected chi connectivity index (χ3v) is 2.97. The Hall–Kier alpha value is -2.63. The molecule has 0 bridgehead atoms. The van der Waals surface area contributed by atoms with Gasteiger partial charge in [0.05, 0.1) is 6.54 Å². The third kappa shape index (κ3) is 4.73. The summed E-state index contributed by atoms with van der Waals surface area (Å²) in [5.41, 5.74) is 0.645. The number of aromatic nitrogens is 1. The summed E-state index contributed by atoms with van der Waals surface area (Å²) in [5, 5.41) is 2.66. The quantitative estimate of drug-likeness (QED) is 0.823. The van der Waals surface area contributed by atoms with E-state index >= 15 is 0 Å². The molecule has 0 aliphatic carbocycles. The van der Waals surface area contributed by atoms with Gasteiger partial charge in [-0.2, -0.15) is 0 Å². The first-order valence-electron chi connectivity index (χ1n) is 6.87. The van der Waals surface area contributed by atoms with Crippen LogP contribution in [0.4, 0.5) is 4.39 Å². The second-order valence-electron chi connectivity index (χ2n) is 4.82. The molecule has 0 aliphatic heterocycles. The van der Waals surface area contributed by atoms with E-state index in [2.05, 4.69) is 5.32 Å². The van der Waals surface area contributed by atoms with Crippen molar-refractivity contribution < 1.29 is 13.9 Å². The fraction of sp³-hybridized carbons (Fsp3) is 0.250. The van der Waals surface area contributed by atoms with Gasteiger partial charge in [-0.1, -0.05) is 0 Å². The molecule has 22 heavy (non-hydrogen) atoms. The minimum absolute atomic E-state index is 0.0321. The molecule has 0 saturated carbocycles. The summed E-state index contributed by atoms with van der Waals surface area (Å²) in [4.78, 5) is 23.4. The molecule has 0 aliphatic rings. The fourth-order valence-corrected chi connectivity index (χ4v) is 1.84. The molecular weight excluding hydrogens is 287 g/mol. The summed E-state index contributed by atoms with van der Waals surface area (Å²) < 4.78 is 19.4. The minimum atomic E-state index is -0.329. The number of hydrogen-bond acceptors (Lipinski definition) is 3. The number of nitrogens with one attached hydrogen (secondary N) is 1. The van der Waals surface area contributed by atoms with Crippen LogP contribution in [-0.4, -0.2) is 23.6 Å². The van der Waals surface area contributed by atoms with E-state index in [9.17, 15) is 14.0 Å². The maximum Gasteiger partial charge on any atom is 0.251 e. The molecule has 0 spiro atoms. The zero-order valence-corrected chi connectivity index (χ0v) is 12.2. The molecule has 0 unspecified atom stereocenters. The number of carbonyl (C=O) groups is 1. The van der Waals surface area contributed by atoms with Gasteiger partial charge in [-0.3, -0.25) is 9.59 Å². The standard InChI is InChI=1S/C16H17FN2O3/c1-12-6-8-19(16(21)10-12)11-15(20)18-7-9-22-14-4-2-13(17)3-5-14/h2-6,8,10H,7,9,11H2,1H3,(H,18,20). The number of carbonyl (C=O) groups excluding carboxylic acids is 1. The number of ether oxygens (including phenoxy) is 1. The Morgan fingerprint density at radius 2 is 2.00 bits per heavy atom. The first kappa shape index (κ1) is 15.8. The van der Waals surface area contributed by atoms with Gasteiger partial charge < -0.3 is 14.6 Å². The molecule has 1 heterocycles. The highest BCUT2D eigenvalue weighted by Crippen LogP contribution is 2.10. The van der Waals surface area contributed by atoms with Crippen LogP contribution in [0.2, 0.25) is 0 Å². The predicted molar refractivity (Wildman–Crippen MR) is 80.3 cm³/mol. The van der Waals surface area contributed by atoms with Crippen molar-refractivity contribution in [2.75, 3.05) is 13.2 Å². The lowest BCUT2D eigenvalue weighted by atomic mass is 10.3. The number of nitrogens with zero attached hydrogens (tertiary/aromatic N) is 1. The highest BCUT2D eigenvalue weighted by atomic mass is 19.1. The molecule has 2 aromatic rings. The van der Waals surface area contributed by atoms with Crippen molar-refractivity contribution in [3.8, 4) is 5.75 Å². The largest absolute Gasteiger partial charge is 0.492 e. The van der Waals surface area contributed by atoms with E-state index in [0.29, 0.717) is 12.3 Å². The van der Waals surface area contributed by atoms with E-state index in [1.807, 2.05) is 6.92 Å². The maximum atomic E-state index is 12.7. The first-order chi connectivity index (χ1) is 10.5. The van der Waals surface area contributed by atoms with E-state index in [4.69, 9.17) is 4.74 Å².